The Morgan fingerprint density at radius 3 is 2.43 bits per heavy atom. The number of hydrogen-bond acceptors (Lipinski definition) is 2. The molecule has 0 heterocycles. The summed E-state index contributed by atoms with van der Waals surface area (Å²) in [5, 5.41) is 0. The predicted octanol–water partition coefficient (Wildman–Crippen LogP) is 1.64. The highest BCUT2D eigenvalue weighted by Crippen LogP contribution is 2.27. The third-order valence-corrected chi connectivity index (χ3v) is 2.44. The molecule has 0 bridgehead atoms. The van der Waals surface area contributed by atoms with Crippen LogP contribution in [0.1, 0.15) is 12.0 Å². The number of allylic oxidation sites excluding steroid dienone is 2. The van der Waals surface area contributed by atoms with E-state index in [2.05, 4.69) is 0 Å². The van der Waals surface area contributed by atoms with Gasteiger partial charge in [-0.2, -0.15) is 0 Å². The van der Waals surface area contributed by atoms with Gasteiger partial charge >= 0.3 is 0 Å². The van der Waals surface area contributed by atoms with Gasteiger partial charge < -0.3 is 11.5 Å². The van der Waals surface area contributed by atoms with Crippen LogP contribution in [-0.4, -0.2) is 5.66 Å². The molecule has 0 amide bonds. The Morgan fingerprint density at radius 1 is 1.07 bits per heavy atom. The van der Waals surface area contributed by atoms with Crippen molar-refractivity contribution in [3.63, 3.8) is 0 Å². The van der Waals surface area contributed by atoms with Crippen molar-refractivity contribution in [1.29, 1.82) is 0 Å². The van der Waals surface area contributed by atoms with Crippen molar-refractivity contribution in [2.75, 3.05) is 0 Å². The maximum absolute atomic E-state index is 6.01. The van der Waals surface area contributed by atoms with E-state index in [9.17, 15) is 0 Å². The number of nitrogens with two attached hydrogens (primary N) is 2. The van der Waals surface area contributed by atoms with E-state index in [4.69, 9.17) is 11.5 Å². The molecule has 0 spiro atoms. The molecule has 0 aliphatic heterocycles. The van der Waals surface area contributed by atoms with Crippen molar-refractivity contribution in [2.24, 2.45) is 11.5 Å². The molecule has 0 aromatic heterocycles. The van der Waals surface area contributed by atoms with E-state index in [-0.39, 0.29) is 0 Å². The van der Waals surface area contributed by atoms with Gasteiger partial charge in [-0.05, 0) is 11.1 Å². The first kappa shape index (κ1) is 9.19. The molecule has 72 valence electrons. The predicted molar refractivity (Wildman–Crippen MR) is 59.3 cm³/mol. The van der Waals surface area contributed by atoms with E-state index in [0.717, 1.165) is 11.1 Å². The van der Waals surface area contributed by atoms with Crippen LogP contribution in [0.15, 0.2) is 48.6 Å². The second-order valence-electron chi connectivity index (χ2n) is 3.62. The largest absolute Gasteiger partial charge is 0.309 e. The lowest BCUT2D eigenvalue weighted by atomic mass is 9.88. The van der Waals surface area contributed by atoms with Gasteiger partial charge in [-0.15, -0.1) is 0 Å². The lowest BCUT2D eigenvalue weighted by Gasteiger charge is -2.29. The lowest BCUT2D eigenvalue weighted by Crippen LogP contribution is -2.50. The van der Waals surface area contributed by atoms with Crippen molar-refractivity contribution >= 4 is 5.57 Å². The third-order valence-electron chi connectivity index (χ3n) is 2.44. The monoisotopic (exact) mass is 186 g/mol. The highest BCUT2D eigenvalue weighted by Gasteiger charge is 2.25. The molecule has 2 heteroatoms. The molecule has 0 saturated carbocycles. The van der Waals surface area contributed by atoms with E-state index in [0.29, 0.717) is 6.42 Å². The Labute approximate surface area is 83.9 Å². The Balaban J connectivity index is 2.43. The van der Waals surface area contributed by atoms with E-state index >= 15 is 0 Å². The van der Waals surface area contributed by atoms with E-state index in [1.807, 2.05) is 48.6 Å². The Bertz CT molecular complexity index is 375. The smallest absolute Gasteiger partial charge is 0.0940 e. The standard InChI is InChI=1S/C12H14N2/c13-12(14)9-5-4-8-11(12)10-6-2-1-3-7-10/h1-8H,9,13-14H2. The summed E-state index contributed by atoms with van der Waals surface area (Å²) < 4.78 is 0. The highest BCUT2D eigenvalue weighted by molar-refractivity contribution is 5.74. The van der Waals surface area contributed by atoms with Crippen LogP contribution in [0.25, 0.3) is 5.57 Å². The first-order valence-electron chi connectivity index (χ1n) is 4.71. The Hall–Kier alpha value is -1.38. The van der Waals surface area contributed by atoms with Crippen LogP contribution in [0.5, 0.6) is 0 Å². The summed E-state index contributed by atoms with van der Waals surface area (Å²) in [5.74, 6) is 0. The maximum Gasteiger partial charge on any atom is 0.0940 e. The fourth-order valence-corrected chi connectivity index (χ4v) is 1.68. The first-order chi connectivity index (χ1) is 6.70. The normalized spacial score (nSPS) is 19.1. The van der Waals surface area contributed by atoms with Crippen molar-refractivity contribution in [2.45, 2.75) is 12.1 Å². The highest BCUT2D eigenvalue weighted by atomic mass is 15.0. The molecule has 1 aromatic carbocycles. The van der Waals surface area contributed by atoms with Gasteiger partial charge in [-0.1, -0.05) is 48.6 Å². The summed E-state index contributed by atoms with van der Waals surface area (Å²) in [6.45, 7) is 0. The molecule has 4 N–H and O–H groups in total. The summed E-state index contributed by atoms with van der Waals surface area (Å²) in [5.41, 5.74) is 13.4. The molecule has 1 aliphatic carbocycles. The van der Waals surface area contributed by atoms with Gasteiger partial charge in [0.2, 0.25) is 0 Å². The van der Waals surface area contributed by atoms with E-state index in [1.165, 1.54) is 0 Å². The molecule has 14 heavy (non-hydrogen) atoms. The molecule has 0 fully saturated rings. The van der Waals surface area contributed by atoms with Gasteiger partial charge in [0.25, 0.3) is 0 Å². The van der Waals surface area contributed by atoms with Crippen LogP contribution in [0.4, 0.5) is 0 Å². The summed E-state index contributed by atoms with van der Waals surface area (Å²) >= 11 is 0. The molecule has 0 atom stereocenters. The molecule has 2 rings (SSSR count). The molecule has 1 aromatic rings. The lowest BCUT2D eigenvalue weighted by molar-refractivity contribution is 0.577. The maximum atomic E-state index is 6.01. The van der Waals surface area contributed by atoms with Gasteiger partial charge in [0.05, 0.1) is 5.66 Å². The minimum Gasteiger partial charge on any atom is -0.309 e. The quantitative estimate of drug-likeness (QED) is 0.655. The first-order valence-corrected chi connectivity index (χ1v) is 4.71. The number of benzene rings is 1. The summed E-state index contributed by atoms with van der Waals surface area (Å²) in [4.78, 5) is 0. The fraction of sp³-hybridized carbons (Fsp3) is 0.167. The molecular formula is C12H14N2. The van der Waals surface area contributed by atoms with Crippen molar-refractivity contribution < 1.29 is 0 Å². The molecule has 2 nitrogen and oxygen atoms in total. The SMILES string of the molecule is NC1(N)CC=CC=C1c1ccccc1. The average Bonchev–Trinajstić information content (AvgIpc) is 2.18. The van der Waals surface area contributed by atoms with Gasteiger partial charge in [0.15, 0.2) is 0 Å². The van der Waals surface area contributed by atoms with Crippen LogP contribution < -0.4 is 11.5 Å². The molecule has 1 aliphatic rings. The zero-order chi connectivity index (χ0) is 10.0. The minimum absolute atomic E-state index is 0.688. The molecular weight excluding hydrogens is 172 g/mol. The van der Waals surface area contributed by atoms with Crippen LogP contribution in [0.2, 0.25) is 0 Å². The Kier molecular flexibility index (Phi) is 2.23. The van der Waals surface area contributed by atoms with Crippen molar-refractivity contribution in [3.8, 4) is 0 Å². The van der Waals surface area contributed by atoms with Crippen molar-refractivity contribution in [3.05, 3.63) is 54.1 Å². The minimum atomic E-state index is -0.726. The molecule has 0 radical (unpaired) electrons. The summed E-state index contributed by atoms with van der Waals surface area (Å²) in [7, 11) is 0. The fourth-order valence-electron chi connectivity index (χ4n) is 1.68. The zero-order valence-corrected chi connectivity index (χ0v) is 7.98. The summed E-state index contributed by atoms with van der Waals surface area (Å²) in [6.07, 6.45) is 6.67. The summed E-state index contributed by atoms with van der Waals surface area (Å²) in [6, 6.07) is 10.0. The van der Waals surface area contributed by atoms with E-state index in [1.54, 1.807) is 0 Å². The second-order valence-corrected chi connectivity index (χ2v) is 3.62. The topological polar surface area (TPSA) is 52.0 Å². The van der Waals surface area contributed by atoms with Gasteiger partial charge in [-0.3, -0.25) is 0 Å². The third kappa shape index (κ3) is 1.62. The Morgan fingerprint density at radius 2 is 1.79 bits per heavy atom. The van der Waals surface area contributed by atoms with Crippen LogP contribution in [-0.2, 0) is 0 Å². The molecule has 0 saturated heterocycles. The number of hydrogen-bond donors (Lipinski definition) is 2. The zero-order valence-electron chi connectivity index (χ0n) is 7.98. The van der Waals surface area contributed by atoms with Crippen molar-refractivity contribution in [1.82, 2.24) is 0 Å². The van der Waals surface area contributed by atoms with Gasteiger partial charge in [-0.25, -0.2) is 0 Å². The van der Waals surface area contributed by atoms with Crippen LogP contribution in [0, 0.1) is 0 Å². The van der Waals surface area contributed by atoms with Gasteiger partial charge in [0, 0.05) is 6.42 Å². The van der Waals surface area contributed by atoms with Crippen LogP contribution in [0.3, 0.4) is 0 Å². The van der Waals surface area contributed by atoms with Gasteiger partial charge in [0.1, 0.15) is 0 Å². The molecule has 0 unspecified atom stereocenters. The number of rotatable bonds is 1. The van der Waals surface area contributed by atoms with E-state index < -0.39 is 5.66 Å². The average molecular weight is 186 g/mol. The second kappa shape index (κ2) is 3.40. The van der Waals surface area contributed by atoms with Crippen LogP contribution >= 0.6 is 0 Å².